The molecule has 1 saturated heterocycles. The predicted molar refractivity (Wildman–Crippen MR) is 60.6 cm³/mol. The number of carbonyl (C=O) groups is 1. The van der Waals surface area contributed by atoms with E-state index in [0.717, 1.165) is 19.4 Å². The van der Waals surface area contributed by atoms with Gasteiger partial charge in [-0.25, -0.2) is 0 Å². The summed E-state index contributed by atoms with van der Waals surface area (Å²) >= 11 is 0. The van der Waals surface area contributed by atoms with Gasteiger partial charge in [0.2, 0.25) is 0 Å². The highest BCUT2D eigenvalue weighted by atomic mass is 16.5. The highest BCUT2D eigenvalue weighted by Gasteiger charge is 2.32. The Morgan fingerprint density at radius 1 is 1.40 bits per heavy atom. The highest BCUT2D eigenvalue weighted by molar-refractivity contribution is 5.75. The van der Waals surface area contributed by atoms with Gasteiger partial charge in [-0.05, 0) is 37.6 Å². The number of hydrogen-bond donors (Lipinski definition) is 1. The van der Waals surface area contributed by atoms with Gasteiger partial charge in [0.05, 0.1) is 6.61 Å². The zero-order valence-electron chi connectivity index (χ0n) is 10.3. The smallest absolute Gasteiger partial charge is 0.323 e. The molecule has 0 aromatic heterocycles. The standard InChI is InChI=1S/C12H23NO2/c1-5-15-11(14)10-7-6-9(8-13-10)12(2,3)4/h9-10,13H,5-8H2,1-4H3/t9-,10+/m1/s1. The summed E-state index contributed by atoms with van der Waals surface area (Å²) in [6.07, 6.45) is 2.01. The van der Waals surface area contributed by atoms with Crippen molar-refractivity contribution in [2.75, 3.05) is 13.2 Å². The average molecular weight is 213 g/mol. The monoisotopic (exact) mass is 213 g/mol. The van der Waals surface area contributed by atoms with Crippen LogP contribution in [0.4, 0.5) is 0 Å². The molecule has 0 aromatic carbocycles. The highest BCUT2D eigenvalue weighted by Crippen LogP contribution is 2.32. The van der Waals surface area contributed by atoms with E-state index in [2.05, 4.69) is 26.1 Å². The molecular weight excluding hydrogens is 190 g/mol. The number of hydrogen-bond acceptors (Lipinski definition) is 3. The van der Waals surface area contributed by atoms with Crippen molar-refractivity contribution in [3.05, 3.63) is 0 Å². The molecule has 88 valence electrons. The zero-order chi connectivity index (χ0) is 11.5. The number of carbonyl (C=O) groups excluding carboxylic acids is 1. The number of piperidine rings is 1. The van der Waals surface area contributed by atoms with E-state index in [4.69, 9.17) is 4.74 Å². The molecular formula is C12H23NO2. The minimum atomic E-state index is -0.0927. The quantitative estimate of drug-likeness (QED) is 0.713. The lowest BCUT2D eigenvalue weighted by molar-refractivity contribution is -0.146. The van der Waals surface area contributed by atoms with Crippen molar-refractivity contribution < 1.29 is 9.53 Å². The third-order valence-corrected chi connectivity index (χ3v) is 3.21. The third-order valence-electron chi connectivity index (χ3n) is 3.21. The second kappa shape index (κ2) is 4.97. The molecule has 0 saturated carbocycles. The van der Waals surface area contributed by atoms with Crippen LogP contribution in [0.3, 0.4) is 0 Å². The van der Waals surface area contributed by atoms with E-state index in [0.29, 0.717) is 17.9 Å². The van der Waals surface area contributed by atoms with E-state index in [9.17, 15) is 4.79 Å². The summed E-state index contributed by atoms with van der Waals surface area (Å²) in [7, 11) is 0. The lowest BCUT2D eigenvalue weighted by Gasteiger charge is -2.36. The Balaban J connectivity index is 2.39. The van der Waals surface area contributed by atoms with Crippen LogP contribution >= 0.6 is 0 Å². The van der Waals surface area contributed by atoms with Crippen LogP contribution in [0, 0.1) is 11.3 Å². The van der Waals surface area contributed by atoms with Crippen molar-refractivity contribution in [2.24, 2.45) is 11.3 Å². The first kappa shape index (κ1) is 12.5. The largest absolute Gasteiger partial charge is 0.465 e. The first-order valence-electron chi connectivity index (χ1n) is 5.85. The Morgan fingerprint density at radius 2 is 2.07 bits per heavy atom. The molecule has 0 unspecified atom stereocenters. The summed E-state index contributed by atoms with van der Waals surface area (Å²) in [5.41, 5.74) is 0.326. The van der Waals surface area contributed by atoms with Gasteiger partial charge in [0.1, 0.15) is 6.04 Å². The summed E-state index contributed by atoms with van der Waals surface area (Å²) in [6, 6.07) is -0.0800. The lowest BCUT2D eigenvalue weighted by atomic mass is 9.75. The fraction of sp³-hybridized carbons (Fsp3) is 0.917. The maximum absolute atomic E-state index is 11.5. The van der Waals surface area contributed by atoms with Gasteiger partial charge in [-0.2, -0.15) is 0 Å². The Hall–Kier alpha value is -0.570. The van der Waals surface area contributed by atoms with Crippen molar-refractivity contribution in [1.29, 1.82) is 0 Å². The second-order valence-corrected chi connectivity index (χ2v) is 5.35. The van der Waals surface area contributed by atoms with Gasteiger partial charge in [0, 0.05) is 0 Å². The third kappa shape index (κ3) is 3.49. The maximum atomic E-state index is 11.5. The Labute approximate surface area is 92.6 Å². The van der Waals surface area contributed by atoms with Gasteiger partial charge in [-0.15, -0.1) is 0 Å². The molecule has 1 heterocycles. The molecule has 3 nitrogen and oxygen atoms in total. The van der Waals surface area contributed by atoms with Crippen molar-refractivity contribution in [2.45, 2.75) is 46.6 Å². The number of esters is 1. The van der Waals surface area contributed by atoms with Gasteiger partial charge < -0.3 is 10.1 Å². The van der Waals surface area contributed by atoms with Crippen LogP contribution in [0.25, 0.3) is 0 Å². The molecule has 0 amide bonds. The topological polar surface area (TPSA) is 38.3 Å². The first-order chi connectivity index (χ1) is 6.95. The maximum Gasteiger partial charge on any atom is 0.323 e. The molecule has 1 aliphatic heterocycles. The van der Waals surface area contributed by atoms with Gasteiger partial charge >= 0.3 is 5.97 Å². The minimum absolute atomic E-state index is 0.0800. The average Bonchev–Trinajstić information content (AvgIpc) is 2.17. The summed E-state index contributed by atoms with van der Waals surface area (Å²) in [5.74, 6) is 0.563. The summed E-state index contributed by atoms with van der Waals surface area (Å²) in [4.78, 5) is 11.5. The minimum Gasteiger partial charge on any atom is -0.465 e. The summed E-state index contributed by atoms with van der Waals surface area (Å²) in [5, 5.41) is 3.29. The predicted octanol–water partition coefficient (Wildman–Crippen LogP) is 1.96. The molecule has 0 aliphatic carbocycles. The molecule has 1 fully saturated rings. The lowest BCUT2D eigenvalue weighted by Crippen LogP contribution is -2.47. The van der Waals surface area contributed by atoms with Crippen LogP contribution in [-0.4, -0.2) is 25.2 Å². The molecule has 3 heteroatoms. The fourth-order valence-electron chi connectivity index (χ4n) is 2.04. The van der Waals surface area contributed by atoms with E-state index in [1.54, 1.807) is 0 Å². The van der Waals surface area contributed by atoms with Crippen molar-refractivity contribution in [3.63, 3.8) is 0 Å². The van der Waals surface area contributed by atoms with Crippen LogP contribution in [0.15, 0.2) is 0 Å². The van der Waals surface area contributed by atoms with E-state index < -0.39 is 0 Å². The summed E-state index contributed by atoms with van der Waals surface area (Å²) < 4.78 is 5.00. The second-order valence-electron chi connectivity index (χ2n) is 5.35. The molecule has 1 aliphatic rings. The van der Waals surface area contributed by atoms with E-state index >= 15 is 0 Å². The molecule has 0 bridgehead atoms. The van der Waals surface area contributed by atoms with Gasteiger partial charge in [-0.3, -0.25) is 4.79 Å². The van der Waals surface area contributed by atoms with Crippen LogP contribution in [0.5, 0.6) is 0 Å². The molecule has 0 radical (unpaired) electrons. The Bertz CT molecular complexity index is 212. The van der Waals surface area contributed by atoms with Crippen LogP contribution in [0.2, 0.25) is 0 Å². The van der Waals surface area contributed by atoms with E-state index in [-0.39, 0.29) is 12.0 Å². The normalized spacial score (nSPS) is 27.5. The molecule has 1 N–H and O–H groups in total. The number of nitrogens with one attached hydrogen (secondary N) is 1. The molecule has 0 spiro atoms. The van der Waals surface area contributed by atoms with E-state index in [1.165, 1.54) is 0 Å². The summed E-state index contributed by atoms with van der Waals surface area (Å²) in [6.45, 7) is 10.0. The van der Waals surface area contributed by atoms with Gasteiger partial charge in [0.15, 0.2) is 0 Å². The number of rotatable bonds is 2. The molecule has 2 atom stereocenters. The Morgan fingerprint density at radius 3 is 2.47 bits per heavy atom. The van der Waals surface area contributed by atoms with Crippen LogP contribution < -0.4 is 5.32 Å². The zero-order valence-corrected chi connectivity index (χ0v) is 10.3. The Kier molecular flexibility index (Phi) is 4.14. The fourth-order valence-corrected chi connectivity index (χ4v) is 2.04. The molecule has 15 heavy (non-hydrogen) atoms. The van der Waals surface area contributed by atoms with Gasteiger partial charge in [0.25, 0.3) is 0 Å². The van der Waals surface area contributed by atoms with Crippen LogP contribution in [0.1, 0.15) is 40.5 Å². The van der Waals surface area contributed by atoms with Crippen molar-refractivity contribution in [1.82, 2.24) is 5.32 Å². The van der Waals surface area contributed by atoms with Crippen molar-refractivity contribution >= 4 is 5.97 Å². The molecule has 1 rings (SSSR count). The van der Waals surface area contributed by atoms with E-state index in [1.807, 2.05) is 6.92 Å². The molecule has 0 aromatic rings. The SMILES string of the molecule is CCOC(=O)[C@@H]1CC[C@@H](C(C)(C)C)CN1. The van der Waals surface area contributed by atoms with Crippen molar-refractivity contribution in [3.8, 4) is 0 Å². The first-order valence-corrected chi connectivity index (χ1v) is 5.85. The van der Waals surface area contributed by atoms with Gasteiger partial charge in [-0.1, -0.05) is 20.8 Å². The van der Waals surface area contributed by atoms with Crippen LogP contribution in [-0.2, 0) is 9.53 Å². The number of ether oxygens (including phenoxy) is 1.